The lowest BCUT2D eigenvalue weighted by Gasteiger charge is -2.48. The molecule has 2 bridgehead atoms. The first-order chi connectivity index (χ1) is 19.9. The summed E-state index contributed by atoms with van der Waals surface area (Å²) in [6.45, 7) is 7.61. The van der Waals surface area contributed by atoms with Crippen LogP contribution in [0.25, 0.3) is 0 Å². The Morgan fingerprint density at radius 2 is 2.05 bits per heavy atom. The van der Waals surface area contributed by atoms with E-state index in [2.05, 4.69) is 27.6 Å². The number of allylic oxidation sites excluding steroid dienone is 1. The number of pyridine rings is 1. The van der Waals surface area contributed by atoms with Gasteiger partial charge in [0.1, 0.15) is 5.69 Å². The number of aliphatic hydroxyl groups is 1. The van der Waals surface area contributed by atoms with Gasteiger partial charge in [-0.1, -0.05) is 36.7 Å². The van der Waals surface area contributed by atoms with Gasteiger partial charge < -0.3 is 14.7 Å². The molecule has 6 rings (SSSR count). The molecule has 1 amide bonds. The molecule has 3 heterocycles. The monoisotopic (exact) mass is 611 g/mol. The molecule has 226 valence electrons. The molecule has 1 fully saturated rings. The molecule has 7 atom stereocenters. The van der Waals surface area contributed by atoms with Crippen molar-refractivity contribution in [1.29, 1.82) is 0 Å². The Bertz CT molecular complexity index is 1520. The molecular weight excluding hydrogens is 570 g/mol. The van der Waals surface area contributed by atoms with Crippen LogP contribution < -0.4 is 14.4 Å². The van der Waals surface area contributed by atoms with Crippen molar-refractivity contribution in [3.8, 4) is 5.75 Å². The van der Waals surface area contributed by atoms with Crippen LogP contribution >= 0.6 is 11.6 Å². The molecule has 1 saturated carbocycles. The van der Waals surface area contributed by atoms with Gasteiger partial charge in [-0.2, -0.15) is 0 Å². The summed E-state index contributed by atoms with van der Waals surface area (Å²) in [5.41, 5.74) is 1.48. The number of carbonyl (C=O) groups is 1. The number of amides is 1. The fourth-order valence-corrected chi connectivity index (χ4v) is 9.12. The van der Waals surface area contributed by atoms with Crippen molar-refractivity contribution in [2.24, 2.45) is 17.8 Å². The van der Waals surface area contributed by atoms with Gasteiger partial charge in [0, 0.05) is 28.8 Å². The molecule has 1 unspecified atom stereocenters. The summed E-state index contributed by atoms with van der Waals surface area (Å²) in [6.07, 6.45) is 9.48. The van der Waals surface area contributed by atoms with E-state index in [0.717, 1.165) is 37.1 Å². The third-order valence-corrected chi connectivity index (χ3v) is 12.8. The van der Waals surface area contributed by atoms with Crippen molar-refractivity contribution in [2.45, 2.75) is 75.6 Å². The van der Waals surface area contributed by atoms with Gasteiger partial charge in [0.25, 0.3) is 5.91 Å². The molecular formula is C33H42ClN3O4S. The van der Waals surface area contributed by atoms with Gasteiger partial charge in [-0.15, -0.1) is 0 Å². The fraction of sp³-hybridized carbons (Fsp3) is 0.545. The van der Waals surface area contributed by atoms with Crippen LogP contribution in [-0.2, 0) is 21.5 Å². The number of rotatable bonds is 0. The summed E-state index contributed by atoms with van der Waals surface area (Å²) in [4.78, 5) is 20.6. The van der Waals surface area contributed by atoms with Crippen molar-refractivity contribution in [3.63, 3.8) is 0 Å². The van der Waals surface area contributed by atoms with E-state index in [4.69, 9.17) is 21.3 Å². The summed E-state index contributed by atoms with van der Waals surface area (Å²) in [5, 5.41) is 12.0. The van der Waals surface area contributed by atoms with Gasteiger partial charge in [-0.3, -0.25) is 9.52 Å². The molecule has 7 nitrogen and oxygen atoms in total. The Hall–Kier alpha value is -2.55. The number of aromatic nitrogens is 1. The third-order valence-electron chi connectivity index (χ3n) is 10.4. The smallest absolute Gasteiger partial charge is 0.281 e. The lowest BCUT2D eigenvalue weighted by molar-refractivity contribution is -0.0315. The van der Waals surface area contributed by atoms with Crippen molar-refractivity contribution >= 4 is 38.9 Å². The van der Waals surface area contributed by atoms with Crippen LogP contribution in [-0.4, -0.2) is 56.6 Å². The largest absolute Gasteiger partial charge is 0.489 e. The zero-order valence-corrected chi connectivity index (χ0v) is 26.3. The van der Waals surface area contributed by atoms with E-state index in [9.17, 15) is 14.1 Å². The predicted molar refractivity (Wildman–Crippen MR) is 170 cm³/mol. The second-order valence-electron chi connectivity index (χ2n) is 13.3. The number of halogens is 1. The van der Waals surface area contributed by atoms with Crippen LogP contribution in [0.2, 0.25) is 5.02 Å². The Balaban J connectivity index is 1.44. The molecule has 1 aromatic carbocycles. The lowest BCUT2D eigenvalue weighted by Crippen LogP contribution is -2.51. The number of nitrogens with zero attached hydrogens (tertiary/aromatic N) is 2. The first kappa shape index (κ1) is 29.5. The van der Waals surface area contributed by atoms with E-state index in [1.807, 2.05) is 45.1 Å². The van der Waals surface area contributed by atoms with Crippen LogP contribution in [0.5, 0.6) is 5.75 Å². The number of nitrogens with one attached hydrogen (secondary N) is 1. The number of aryl methyl sites for hydroxylation is 1. The molecule has 0 saturated heterocycles. The second kappa shape index (κ2) is 10.9. The number of benzene rings is 1. The van der Waals surface area contributed by atoms with E-state index in [-0.39, 0.29) is 34.1 Å². The molecule has 4 aliphatic rings. The predicted octanol–water partition coefficient (Wildman–Crippen LogP) is 5.33. The highest BCUT2D eigenvalue weighted by Gasteiger charge is 2.46. The second-order valence-corrected chi connectivity index (χ2v) is 16.1. The van der Waals surface area contributed by atoms with Gasteiger partial charge >= 0.3 is 0 Å². The minimum absolute atomic E-state index is 0.0132. The van der Waals surface area contributed by atoms with Crippen LogP contribution in [0.15, 0.2) is 42.5 Å². The molecule has 2 N–H and O–H groups in total. The topological polar surface area (TPSA) is 91.8 Å². The van der Waals surface area contributed by atoms with E-state index >= 15 is 0 Å². The van der Waals surface area contributed by atoms with Gasteiger partial charge in [0.05, 0.1) is 21.9 Å². The number of hydrogen-bond donors (Lipinski definition) is 2. The normalized spacial score (nSPS) is 37.4. The van der Waals surface area contributed by atoms with E-state index in [1.54, 1.807) is 6.07 Å². The zero-order valence-electron chi connectivity index (χ0n) is 24.8. The summed E-state index contributed by atoms with van der Waals surface area (Å²) >= 11 is 6.40. The molecule has 2 aliphatic heterocycles. The third kappa shape index (κ3) is 5.35. The Morgan fingerprint density at radius 3 is 2.81 bits per heavy atom. The molecule has 9 heteroatoms. The van der Waals surface area contributed by atoms with Crippen molar-refractivity contribution < 1.29 is 18.8 Å². The van der Waals surface area contributed by atoms with Crippen LogP contribution in [0, 0.1) is 17.8 Å². The zero-order chi connectivity index (χ0) is 29.9. The van der Waals surface area contributed by atoms with Gasteiger partial charge in [-0.25, -0.2) is 9.19 Å². The first-order valence-corrected chi connectivity index (χ1v) is 17.3. The summed E-state index contributed by atoms with van der Waals surface area (Å²) < 4.78 is 22.8. The summed E-state index contributed by atoms with van der Waals surface area (Å²) in [6, 6.07) is 9.64. The first-order valence-electron chi connectivity index (χ1n) is 15.1. The maximum atomic E-state index is 13.6. The highest BCUT2D eigenvalue weighted by molar-refractivity contribution is 7.99. The van der Waals surface area contributed by atoms with Crippen molar-refractivity contribution in [3.05, 3.63) is 64.3 Å². The van der Waals surface area contributed by atoms with Crippen LogP contribution in [0.4, 0.5) is 5.82 Å². The minimum atomic E-state index is -2.97. The number of hydrogen-bond acceptors (Lipinski definition) is 6. The Kier molecular flexibility index (Phi) is 7.64. The maximum absolute atomic E-state index is 13.6. The molecule has 42 heavy (non-hydrogen) atoms. The van der Waals surface area contributed by atoms with Crippen LogP contribution in [0.1, 0.15) is 74.5 Å². The fourth-order valence-electron chi connectivity index (χ4n) is 7.46. The van der Waals surface area contributed by atoms with Gasteiger partial charge in [0.2, 0.25) is 0 Å². The highest BCUT2D eigenvalue weighted by Crippen LogP contribution is 2.47. The summed E-state index contributed by atoms with van der Waals surface area (Å²) in [5.74, 6) is 5.01. The standard InChI is InChI=1S/C33H42ClN3O4S/c1-21-7-5-15-32(3,39)26-11-9-24(26)18-37-19-33(16-6-8-23-17-25(34)10-12-27(23)33)20-41-29-14-13-28(35-30(29)37)31(38)36-42(4,40)22(21)2/h5,10,12-15,17,21-22,24,26,39H,4,6-9,11,16,18-20H2,1-3H3,(H,36,38,40)/b15-5+/t21-,22+,24-,26+,32+,33-,42?/m0/s1. The van der Waals surface area contributed by atoms with E-state index in [1.165, 1.54) is 11.1 Å². The molecule has 1 spiro atoms. The molecule has 0 radical (unpaired) electrons. The molecule has 2 aliphatic carbocycles. The number of carbonyl (C=O) groups excluding carboxylic acids is 1. The quantitative estimate of drug-likeness (QED) is 0.309. The number of fused-ring (bicyclic) bond motifs is 4. The summed E-state index contributed by atoms with van der Waals surface area (Å²) in [7, 11) is -2.97. The Morgan fingerprint density at radius 1 is 1.24 bits per heavy atom. The van der Waals surface area contributed by atoms with Crippen LogP contribution in [0.3, 0.4) is 0 Å². The average Bonchev–Trinajstić information content (AvgIpc) is 3.06. The van der Waals surface area contributed by atoms with Gasteiger partial charge in [0.15, 0.2) is 11.6 Å². The number of anilines is 1. The SMILES string of the molecule is C=S1(=O)NC(=O)c2ccc3c(n2)N(C[C@@H]2CC[C@H]2[C@](C)(O)/C=C/C[C@H](C)[C@H]1C)C[C@@]1(CCCc2cc(Cl)ccc21)CO3. The average molecular weight is 612 g/mol. The Labute approximate surface area is 254 Å². The van der Waals surface area contributed by atoms with Gasteiger partial charge in [-0.05, 0) is 111 Å². The highest BCUT2D eigenvalue weighted by atomic mass is 35.5. The maximum Gasteiger partial charge on any atom is 0.281 e. The number of ether oxygens (including phenoxy) is 1. The minimum Gasteiger partial charge on any atom is -0.489 e. The van der Waals surface area contributed by atoms with Crippen molar-refractivity contribution in [2.75, 3.05) is 24.6 Å². The molecule has 1 aromatic heterocycles. The lowest BCUT2D eigenvalue weighted by atomic mass is 9.64. The van der Waals surface area contributed by atoms with E-state index < -0.39 is 21.2 Å². The van der Waals surface area contributed by atoms with E-state index in [0.29, 0.717) is 37.7 Å². The van der Waals surface area contributed by atoms with Crippen molar-refractivity contribution in [1.82, 2.24) is 9.71 Å². The molecule has 2 aromatic rings.